The monoisotopic (exact) mass is 333 g/mol. The number of nitrogens with one attached hydrogen (secondary N) is 1. The van der Waals surface area contributed by atoms with E-state index >= 15 is 0 Å². The molecule has 3 rings (SSSR count). The van der Waals surface area contributed by atoms with E-state index in [1.165, 1.54) is 0 Å². The Kier molecular flexibility index (Phi) is 5.03. The largest absolute Gasteiger partial charge is 0.480 e. The fourth-order valence-electron chi connectivity index (χ4n) is 2.82. The van der Waals surface area contributed by atoms with Crippen molar-refractivity contribution in [2.75, 3.05) is 5.32 Å². The van der Waals surface area contributed by atoms with Crippen molar-refractivity contribution in [2.45, 2.75) is 33.3 Å². The van der Waals surface area contributed by atoms with Crippen LogP contribution in [0.4, 0.5) is 5.69 Å². The second-order valence-corrected chi connectivity index (χ2v) is 6.26. The molecule has 3 aromatic rings. The number of carbonyl (C=O) groups is 1. The number of aryl methyl sites for hydroxylation is 1. The fourth-order valence-corrected chi connectivity index (χ4v) is 2.82. The van der Waals surface area contributed by atoms with Gasteiger partial charge in [0.15, 0.2) is 6.10 Å². The highest BCUT2D eigenvalue weighted by Crippen LogP contribution is 2.23. The van der Waals surface area contributed by atoms with Crippen molar-refractivity contribution in [1.29, 1.82) is 0 Å². The summed E-state index contributed by atoms with van der Waals surface area (Å²) in [6, 6.07) is 19.9. The first-order valence-corrected chi connectivity index (χ1v) is 8.61. The summed E-state index contributed by atoms with van der Waals surface area (Å²) in [7, 11) is 0. The first-order valence-electron chi connectivity index (χ1n) is 8.61. The van der Waals surface area contributed by atoms with Gasteiger partial charge in [-0.1, -0.05) is 49.4 Å². The minimum absolute atomic E-state index is 0.126. The molecule has 3 nitrogen and oxygen atoms in total. The summed E-state index contributed by atoms with van der Waals surface area (Å²) in [6.45, 7) is 6.01. The van der Waals surface area contributed by atoms with E-state index in [9.17, 15) is 4.79 Å². The molecule has 0 saturated heterocycles. The number of hydrogen-bond donors (Lipinski definition) is 1. The number of benzene rings is 3. The zero-order chi connectivity index (χ0) is 17.8. The molecule has 25 heavy (non-hydrogen) atoms. The quantitative estimate of drug-likeness (QED) is 0.692. The normalized spacial score (nSPS) is 12.0. The number of amides is 1. The van der Waals surface area contributed by atoms with Crippen molar-refractivity contribution >= 4 is 22.4 Å². The van der Waals surface area contributed by atoms with Crippen molar-refractivity contribution in [3.63, 3.8) is 0 Å². The summed E-state index contributed by atoms with van der Waals surface area (Å²) in [4.78, 5) is 12.6. The molecule has 0 spiro atoms. The van der Waals surface area contributed by atoms with E-state index in [0.717, 1.165) is 33.3 Å². The van der Waals surface area contributed by atoms with Gasteiger partial charge >= 0.3 is 0 Å². The number of ether oxygens (including phenoxy) is 1. The van der Waals surface area contributed by atoms with Crippen LogP contribution < -0.4 is 10.1 Å². The molecule has 0 heterocycles. The van der Waals surface area contributed by atoms with Gasteiger partial charge in [-0.15, -0.1) is 0 Å². The summed E-state index contributed by atoms with van der Waals surface area (Å²) in [5.74, 6) is 0.638. The predicted molar refractivity (Wildman–Crippen MR) is 103 cm³/mol. The summed E-state index contributed by atoms with van der Waals surface area (Å²) in [5, 5.41) is 5.23. The number of carbonyl (C=O) groups excluding carboxylic acids is 1. The van der Waals surface area contributed by atoms with Gasteiger partial charge in [0.05, 0.1) is 0 Å². The highest BCUT2D eigenvalue weighted by atomic mass is 16.5. The average molecular weight is 333 g/mol. The number of anilines is 1. The van der Waals surface area contributed by atoms with Gasteiger partial charge in [-0.05, 0) is 60.4 Å². The molecule has 0 unspecified atom stereocenters. The third kappa shape index (κ3) is 3.82. The molecule has 1 N–H and O–H groups in total. The molecular formula is C22H23NO2. The number of hydrogen-bond acceptors (Lipinski definition) is 2. The van der Waals surface area contributed by atoms with E-state index in [4.69, 9.17) is 4.74 Å². The van der Waals surface area contributed by atoms with Gasteiger partial charge in [-0.25, -0.2) is 0 Å². The van der Waals surface area contributed by atoms with Crippen molar-refractivity contribution < 1.29 is 9.53 Å². The second-order valence-electron chi connectivity index (χ2n) is 6.26. The second kappa shape index (κ2) is 7.39. The van der Waals surface area contributed by atoms with Crippen LogP contribution in [0.15, 0.2) is 60.7 Å². The van der Waals surface area contributed by atoms with E-state index in [1.807, 2.05) is 75.4 Å². The van der Waals surface area contributed by atoms with Gasteiger partial charge in [0.1, 0.15) is 5.75 Å². The topological polar surface area (TPSA) is 38.3 Å². The lowest BCUT2D eigenvalue weighted by atomic mass is 10.1. The van der Waals surface area contributed by atoms with Crippen LogP contribution in [-0.4, -0.2) is 12.0 Å². The highest BCUT2D eigenvalue weighted by Gasteiger charge is 2.19. The van der Waals surface area contributed by atoms with Crippen LogP contribution in [0.5, 0.6) is 5.75 Å². The van der Waals surface area contributed by atoms with Crippen molar-refractivity contribution in [1.82, 2.24) is 0 Å². The first kappa shape index (κ1) is 17.0. The fraction of sp³-hybridized carbons (Fsp3) is 0.227. The molecule has 0 aliphatic rings. The molecule has 3 aromatic carbocycles. The van der Waals surface area contributed by atoms with Crippen LogP contribution in [0.3, 0.4) is 0 Å². The van der Waals surface area contributed by atoms with E-state index < -0.39 is 6.10 Å². The predicted octanol–water partition coefficient (Wildman–Crippen LogP) is 5.25. The Morgan fingerprint density at radius 2 is 1.76 bits per heavy atom. The van der Waals surface area contributed by atoms with Gasteiger partial charge in [-0.2, -0.15) is 0 Å². The van der Waals surface area contributed by atoms with Gasteiger partial charge < -0.3 is 10.1 Å². The molecule has 0 aromatic heterocycles. The average Bonchev–Trinajstić information content (AvgIpc) is 2.62. The highest BCUT2D eigenvalue weighted by molar-refractivity contribution is 5.96. The summed E-state index contributed by atoms with van der Waals surface area (Å²) in [5.41, 5.74) is 3.01. The number of rotatable bonds is 5. The van der Waals surface area contributed by atoms with E-state index in [2.05, 4.69) is 11.4 Å². The maximum Gasteiger partial charge on any atom is 0.265 e. The van der Waals surface area contributed by atoms with Crippen LogP contribution in [0, 0.1) is 13.8 Å². The summed E-state index contributed by atoms with van der Waals surface area (Å²) in [6.07, 6.45) is 0.0826. The maximum absolute atomic E-state index is 12.6. The van der Waals surface area contributed by atoms with Crippen LogP contribution in [-0.2, 0) is 4.79 Å². The van der Waals surface area contributed by atoms with Gasteiger partial charge in [-0.3, -0.25) is 4.79 Å². The Morgan fingerprint density at radius 3 is 2.52 bits per heavy atom. The van der Waals surface area contributed by atoms with E-state index in [-0.39, 0.29) is 5.91 Å². The third-order valence-electron chi connectivity index (χ3n) is 4.50. The molecule has 0 fully saturated rings. The van der Waals surface area contributed by atoms with Crippen molar-refractivity contribution in [3.05, 3.63) is 71.8 Å². The molecule has 128 valence electrons. The minimum atomic E-state index is -0.521. The summed E-state index contributed by atoms with van der Waals surface area (Å²) < 4.78 is 5.98. The Morgan fingerprint density at radius 1 is 1.00 bits per heavy atom. The number of fused-ring (bicyclic) bond motifs is 1. The van der Waals surface area contributed by atoms with Gasteiger partial charge in [0, 0.05) is 5.69 Å². The lowest BCUT2D eigenvalue weighted by molar-refractivity contribution is -0.122. The first-order chi connectivity index (χ1) is 12.1. The smallest absolute Gasteiger partial charge is 0.265 e. The van der Waals surface area contributed by atoms with Crippen molar-refractivity contribution in [3.8, 4) is 5.75 Å². The summed E-state index contributed by atoms with van der Waals surface area (Å²) >= 11 is 0. The standard InChI is InChI=1S/C22H23NO2/c1-4-20(25-21-11-7-8-15(2)16(21)3)22(24)23-19-13-12-17-9-5-6-10-18(17)14-19/h5-14,20H,4H2,1-3H3,(H,23,24)/t20-/m1/s1. The Bertz CT molecular complexity index is 901. The molecule has 1 atom stereocenters. The Hall–Kier alpha value is -2.81. The molecule has 3 heteroatoms. The van der Waals surface area contributed by atoms with Crippen LogP contribution in [0.1, 0.15) is 24.5 Å². The third-order valence-corrected chi connectivity index (χ3v) is 4.50. The maximum atomic E-state index is 12.6. The van der Waals surface area contributed by atoms with Crippen LogP contribution in [0.2, 0.25) is 0 Å². The Balaban J connectivity index is 1.76. The van der Waals surface area contributed by atoms with Crippen LogP contribution in [0.25, 0.3) is 10.8 Å². The zero-order valence-corrected chi connectivity index (χ0v) is 14.9. The molecule has 0 aliphatic carbocycles. The lowest BCUT2D eigenvalue weighted by Crippen LogP contribution is -2.32. The Labute approximate surface area is 148 Å². The minimum Gasteiger partial charge on any atom is -0.480 e. The molecule has 0 bridgehead atoms. The zero-order valence-electron chi connectivity index (χ0n) is 14.9. The molecule has 1 amide bonds. The SMILES string of the molecule is CC[C@@H](Oc1cccc(C)c1C)C(=O)Nc1ccc2ccccc2c1. The van der Waals surface area contributed by atoms with E-state index in [1.54, 1.807) is 0 Å². The molecular weight excluding hydrogens is 310 g/mol. The molecule has 0 saturated carbocycles. The van der Waals surface area contributed by atoms with Gasteiger partial charge in [0.25, 0.3) is 5.91 Å². The molecule has 0 aliphatic heterocycles. The van der Waals surface area contributed by atoms with E-state index in [0.29, 0.717) is 6.42 Å². The van der Waals surface area contributed by atoms with Crippen molar-refractivity contribution in [2.24, 2.45) is 0 Å². The van der Waals surface area contributed by atoms with Crippen LogP contribution >= 0.6 is 0 Å². The molecule has 0 radical (unpaired) electrons. The van der Waals surface area contributed by atoms with Gasteiger partial charge in [0.2, 0.25) is 0 Å². The lowest BCUT2D eigenvalue weighted by Gasteiger charge is -2.19.